The van der Waals surface area contributed by atoms with Gasteiger partial charge in [0.25, 0.3) is 5.92 Å². The maximum Gasteiger partial charge on any atom is 0.275 e. The van der Waals surface area contributed by atoms with Crippen LogP contribution in [-0.4, -0.2) is 49.9 Å². The standard InChI is InChI=1S/C25H30F3NO4S/c26-21-7-23(33-14-24-8-15-3-16(9-24)5-17(4-15)10-24)19(18-1-2-18)6-20(21)22(30)11-34(31,32)29-12-25(27,28)13-29/h6-7,15-18H,1-5,8-14H2. The van der Waals surface area contributed by atoms with E-state index >= 15 is 4.39 Å². The molecule has 34 heavy (non-hydrogen) atoms. The molecule has 5 saturated carbocycles. The predicted octanol–water partition coefficient (Wildman–Crippen LogP) is 4.76. The smallest absolute Gasteiger partial charge is 0.275 e. The minimum atomic E-state index is -4.22. The molecule has 1 aromatic carbocycles. The van der Waals surface area contributed by atoms with Crippen LogP contribution in [0.25, 0.3) is 0 Å². The second-order valence-electron chi connectivity index (χ2n) is 11.7. The first-order valence-electron chi connectivity index (χ1n) is 12.4. The number of sulfonamides is 1. The summed E-state index contributed by atoms with van der Waals surface area (Å²) in [5.41, 5.74) is 0.607. The number of alkyl halides is 2. The third-order valence-corrected chi connectivity index (χ3v) is 10.3. The van der Waals surface area contributed by atoms with Crippen molar-refractivity contribution in [2.45, 2.75) is 63.2 Å². The maximum absolute atomic E-state index is 15.0. The van der Waals surface area contributed by atoms with E-state index in [9.17, 15) is 22.0 Å². The Kier molecular flexibility index (Phi) is 5.16. The molecule has 5 aliphatic carbocycles. The number of halogens is 3. The Morgan fingerprint density at radius 1 is 1.03 bits per heavy atom. The summed E-state index contributed by atoms with van der Waals surface area (Å²) in [7, 11) is -4.22. The highest BCUT2D eigenvalue weighted by molar-refractivity contribution is 7.89. The molecule has 1 aliphatic heterocycles. The molecular formula is C25H30F3NO4S. The lowest BCUT2D eigenvalue weighted by molar-refractivity contribution is -0.0944. The second-order valence-corrected chi connectivity index (χ2v) is 13.6. The van der Waals surface area contributed by atoms with E-state index in [-0.39, 0.29) is 16.9 Å². The molecule has 5 nitrogen and oxygen atoms in total. The minimum absolute atomic E-state index is 0.161. The van der Waals surface area contributed by atoms with Crippen molar-refractivity contribution in [1.82, 2.24) is 4.31 Å². The fourth-order valence-electron chi connectivity index (χ4n) is 7.32. The molecular weight excluding hydrogens is 467 g/mol. The molecule has 1 saturated heterocycles. The molecule has 186 valence electrons. The van der Waals surface area contributed by atoms with E-state index in [1.807, 2.05) is 0 Å². The zero-order valence-electron chi connectivity index (χ0n) is 19.1. The number of ether oxygens (including phenoxy) is 1. The third-order valence-electron chi connectivity index (χ3n) is 8.64. The highest BCUT2D eigenvalue weighted by Crippen LogP contribution is 2.60. The van der Waals surface area contributed by atoms with Crippen LogP contribution in [0.2, 0.25) is 0 Å². The van der Waals surface area contributed by atoms with Crippen LogP contribution in [0.1, 0.15) is 73.2 Å². The van der Waals surface area contributed by atoms with Crippen LogP contribution < -0.4 is 4.74 Å². The van der Waals surface area contributed by atoms with Crippen LogP contribution in [0.4, 0.5) is 13.2 Å². The maximum atomic E-state index is 15.0. The summed E-state index contributed by atoms with van der Waals surface area (Å²) in [5.74, 6) is -2.86. The summed E-state index contributed by atoms with van der Waals surface area (Å²) < 4.78 is 72.7. The first-order chi connectivity index (χ1) is 16.0. The largest absolute Gasteiger partial charge is 0.493 e. The molecule has 0 unspecified atom stereocenters. The van der Waals surface area contributed by atoms with Crippen LogP contribution in [0.5, 0.6) is 5.75 Å². The first kappa shape index (κ1) is 22.8. The Labute approximate surface area is 198 Å². The van der Waals surface area contributed by atoms with E-state index in [1.54, 1.807) is 0 Å². The van der Waals surface area contributed by atoms with Gasteiger partial charge in [0, 0.05) is 11.5 Å². The molecule has 1 aromatic rings. The van der Waals surface area contributed by atoms with Crippen LogP contribution >= 0.6 is 0 Å². The Morgan fingerprint density at radius 2 is 1.62 bits per heavy atom. The van der Waals surface area contributed by atoms with Crippen molar-refractivity contribution in [3.8, 4) is 5.75 Å². The monoisotopic (exact) mass is 497 g/mol. The van der Waals surface area contributed by atoms with Crippen molar-refractivity contribution < 1.29 is 31.1 Å². The SMILES string of the molecule is O=C(CS(=O)(=O)N1CC(F)(F)C1)c1cc(C2CC2)c(OCC23CC4CC(CC(C4)C2)C3)cc1F. The topological polar surface area (TPSA) is 63.7 Å². The van der Waals surface area contributed by atoms with Gasteiger partial charge in [-0.15, -0.1) is 0 Å². The molecule has 7 rings (SSSR count). The van der Waals surface area contributed by atoms with Crippen molar-refractivity contribution in [2.75, 3.05) is 25.4 Å². The van der Waals surface area contributed by atoms with Crippen molar-refractivity contribution in [3.63, 3.8) is 0 Å². The minimum Gasteiger partial charge on any atom is -0.493 e. The van der Waals surface area contributed by atoms with Gasteiger partial charge in [0.1, 0.15) is 17.3 Å². The number of nitrogens with zero attached hydrogens (tertiary/aromatic N) is 1. The van der Waals surface area contributed by atoms with Crippen molar-refractivity contribution in [3.05, 3.63) is 29.1 Å². The number of rotatable bonds is 8. The van der Waals surface area contributed by atoms with Gasteiger partial charge >= 0.3 is 0 Å². The van der Waals surface area contributed by atoms with Crippen LogP contribution in [0, 0.1) is 29.0 Å². The van der Waals surface area contributed by atoms with Gasteiger partial charge in [-0.05, 0) is 86.7 Å². The molecule has 4 bridgehead atoms. The quantitative estimate of drug-likeness (QED) is 0.486. The van der Waals surface area contributed by atoms with E-state index in [0.717, 1.165) is 36.2 Å². The predicted molar refractivity (Wildman–Crippen MR) is 119 cm³/mol. The number of carbonyl (C=O) groups is 1. The Hall–Kier alpha value is -1.61. The zero-order chi connectivity index (χ0) is 23.9. The Balaban J connectivity index is 1.19. The lowest BCUT2D eigenvalue weighted by Crippen LogP contribution is -2.59. The number of Topliss-reactive ketones (excluding diaryl/α,β-unsaturated/α-hetero) is 1. The first-order valence-corrected chi connectivity index (χ1v) is 14.0. The van der Waals surface area contributed by atoms with Crippen LogP contribution in [0.3, 0.4) is 0 Å². The van der Waals surface area contributed by atoms with Gasteiger partial charge in [-0.1, -0.05) is 0 Å². The van der Waals surface area contributed by atoms with Crippen LogP contribution in [-0.2, 0) is 10.0 Å². The van der Waals surface area contributed by atoms with Crippen molar-refractivity contribution >= 4 is 15.8 Å². The van der Waals surface area contributed by atoms with Crippen LogP contribution in [0.15, 0.2) is 12.1 Å². The van der Waals surface area contributed by atoms with E-state index < -0.39 is 46.4 Å². The van der Waals surface area contributed by atoms with E-state index in [2.05, 4.69) is 0 Å². The second kappa shape index (κ2) is 7.69. The molecule has 9 heteroatoms. The summed E-state index contributed by atoms with van der Waals surface area (Å²) in [4.78, 5) is 12.7. The number of benzene rings is 1. The number of carbonyl (C=O) groups excluding carboxylic acids is 1. The average Bonchev–Trinajstić information content (AvgIpc) is 3.54. The van der Waals surface area contributed by atoms with E-state index in [0.29, 0.717) is 16.7 Å². The van der Waals surface area contributed by atoms with Gasteiger partial charge in [0.2, 0.25) is 10.0 Å². The molecule has 0 amide bonds. The molecule has 0 atom stereocenters. The summed E-state index contributed by atoms with van der Waals surface area (Å²) >= 11 is 0. The van der Waals surface area contributed by atoms with Gasteiger partial charge in [-0.3, -0.25) is 4.79 Å². The highest BCUT2D eigenvalue weighted by Gasteiger charge is 2.52. The molecule has 0 N–H and O–H groups in total. The number of ketones is 1. The lowest BCUT2D eigenvalue weighted by atomic mass is 9.50. The third kappa shape index (κ3) is 4.16. The molecule has 6 fully saturated rings. The molecule has 0 spiro atoms. The zero-order valence-corrected chi connectivity index (χ0v) is 19.9. The van der Waals surface area contributed by atoms with E-state index in [4.69, 9.17) is 4.74 Å². The molecule has 0 radical (unpaired) electrons. The Morgan fingerprint density at radius 3 is 2.15 bits per heavy atom. The van der Waals surface area contributed by atoms with Crippen molar-refractivity contribution in [2.24, 2.45) is 23.2 Å². The van der Waals surface area contributed by atoms with Crippen molar-refractivity contribution in [1.29, 1.82) is 0 Å². The summed E-state index contributed by atoms with van der Waals surface area (Å²) in [6.07, 6.45) is 9.32. The fraction of sp³-hybridized carbons (Fsp3) is 0.720. The number of hydrogen-bond donors (Lipinski definition) is 0. The van der Waals surface area contributed by atoms with Gasteiger partial charge < -0.3 is 4.74 Å². The van der Waals surface area contributed by atoms with Gasteiger partial charge in [0.05, 0.1) is 25.3 Å². The molecule has 6 aliphatic rings. The molecule has 0 aromatic heterocycles. The normalized spacial score (nSPS) is 34.1. The highest BCUT2D eigenvalue weighted by atomic mass is 32.2. The summed E-state index contributed by atoms with van der Waals surface area (Å²) in [6.45, 7) is -1.31. The molecule has 1 heterocycles. The fourth-order valence-corrected chi connectivity index (χ4v) is 8.76. The average molecular weight is 498 g/mol. The van der Waals surface area contributed by atoms with Gasteiger partial charge in [0.15, 0.2) is 5.78 Å². The lowest BCUT2D eigenvalue weighted by Gasteiger charge is -2.56. The number of hydrogen-bond acceptors (Lipinski definition) is 4. The van der Waals surface area contributed by atoms with Gasteiger partial charge in [-0.25, -0.2) is 21.6 Å². The van der Waals surface area contributed by atoms with E-state index in [1.165, 1.54) is 50.7 Å². The Bertz CT molecular complexity index is 1090. The summed E-state index contributed by atoms with van der Waals surface area (Å²) in [6, 6.07) is 2.66. The van der Waals surface area contributed by atoms with Gasteiger partial charge in [-0.2, -0.15) is 4.31 Å². The summed E-state index contributed by atoms with van der Waals surface area (Å²) in [5, 5.41) is 0.